The quantitative estimate of drug-likeness (QED) is 0.527. The lowest BCUT2D eigenvalue weighted by atomic mass is 9.94. The molecule has 0 amide bonds. The van der Waals surface area contributed by atoms with Crippen LogP contribution >= 0.6 is 0 Å². The SMILES string of the molecule is C/C=C\c1cc2c(C(C)OC=O)cccc2cc1CC.CC1(C)CC1(C)C. The van der Waals surface area contributed by atoms with E-state index in [1.807, 2.05) is 32.1 Å². The molecule has 2 aromatic carbocycles. The van der Waals surface area contributed by atoms with Crippen molar-refractivity contribution in [2.75, 3.05) is 0 Å². The highest BCUT2D eigenvalue weighted by atomic mass is 16.5. The van der Waals surface area contributed by atoms with Gasteiger partial charge in [-0.3, -0.25) is 4.79 Å². The first-order valence-corrected chi connectivity index (χ1v) is 9.94. The molecule has 1 aliphatic rings. The minimum Gasteiger partial charge on any atom is -0.460 e. The van der Waals surface area contributed by atoms with Gasteiger partial charge in [-0.05, 0) is 71.0 Å². The Kier molecular flexibility index (Phi) is 6.51. The number of carbonyl (C=O) groups excluding carboxylic acids is 1. The third kappa shape index (κ3) is 4.80. The summed E-state index contributed by atoms with van der Waals surface area (Å²) in [6, 6.07) is 10.5. The molecular weight excluding hydrogens is 332 g/mol. The monoisotopic (exact) mass is 366 g/mol. The number of hydrogen-bond donors (Lipinski definition) is 0. The molecule has 27 heavy (non-hydrogen) atoms. The van der Waals surface area contributed by atoms with Crippen LogP contribution in [0, 0.1) is 10.8 Å². The van der Waals surface area contributed by atoms with Gasteiger partial charge in [-0.1, -0.05) is 71.0 Å². The standard InChI is InChI=1S/C18H20O2.C7H14/c1-4-7-15-11-18-16(10-14(15)5-2)8-6-9-17(18)13(3)20-12-19;1-6(2)5-7(6,3)4/h4,6-13H,5H2,1-3H3;5H2,1-4H3/b7-4-;. The van der Waals surface area contributed by atoms with E-state index in [0.717, 1.165) is 17.4 Å². The van der Waals surface area contributed by atoms with E-state index in [1.54, 1.807) is 0 Å². The van der Waals surface area contributed by atoms with Gasteiger partial charge < -0.3 is 4.74 Å². The number of rotatable bonds is 5. The summed E-state index contributed by atoms with van der Waals surface area (Å²) in [5, 5.41) is 2.33. The van der Waals surface area contributed by atoms with Gasteiger partial charge in [0.25, 0.3) is 6.47 Å². The number of carbonyl (C=O) groups is 1. The summed E-state index contributed by atoms with van der Waals surface area (Å²) < 4.78 is 5.09. The van der Waals surface area contributed by atoms with E-state index in [0.29, 0.717) is 17.3 Å². The first-order valence-electron chi connectivity index (χ1n) is 9.94. The van der Waals surface area contributed by atoms with E-state index in [4.69, 9.17) is 4.74 Å². The van der Waals surface area contributed by atoms with Crippen LogP contribution < -0.4 is 0 Å². The average Bonchev–Trinajstić information content (AvgIpc) is 3.09. The molecule has 146 valence electrons. The van der Waals surface area contributed by atoms with Gasteiger partial charge in [0.05, 0.1) is 0 Å². The fourth-order valence-electron chi connectivity index (χ4n) is 3.63. The van der Waals surface area contributed by atoms with Crippen LogP contribution in [0.25, 0.3) is 16.8 Å². The zero-order valence-corrected chi connectivity index (χ0v) is 17.9. The molecule has 0 spiro atoms. The van der Waals surface area contributed by atoms with Crippen molar-refractivity contribution in [2.24, 2.45) is 10.8 Å². The van der Waals surface area contributed by atoms with Crippen LogP contribution in [-0.2, 0) is 16.0 Å². The fraction of sp³-hybridized carbons (Fsp3) is 0.480. The third-order valence-electron chi connectivity index (χ3n) is 6.19. The lowest BCUT2D eigenvalue weighted by Gasteiger charge is -2.15. The van der Waals surface area contributed by atoms with Gasteiger partial charge in [0.1, 0.15) is 6.10 Å². The van der Waals surface area contributed by atoms with E-state index in [2.05, 4.69) is 58.9 Å². The topological polar surface area (TPSA) is 26.3 Å². The third-order valence-corrected chi connectivity index (χ3v) is 6.19. The van der Waals surface area contributed by atoms with Gasteiger partial charge in [-0.15, -0.1) is 0 Å². The second kappa shape index (κ2) is 8.29. The Morgan fingerprint density at radius 3 is 2.26 bits per heavy atom. The van der Waals surface area contributed by atoms with Gasteiger partial charge >= 0.3 is 0 Å². The minimum atomic E-state index is -0.234. The molecule has 0 aliphatic heterocycles. The minimum absolute atomic E-state index is 0.234. The van der Waals surface area contributed by atoms with Gasteiger partial charge in [0.2, 0.25) is 0 Å². The van der Waals surface area contributed by atoms with E-state index < -0.39 is 0 Å². The van der Waals surface area contributed by atoms with Crippen molar-refractivity contribution >= 4 is 23.3 Å². The molecule has 0 radical (unpaired) electrons. The molecule has 2 nitrogen and oxygen atoms in total. The highest BCUT2D eigenvalue weighted by Crippen LogP contribution is 2.62. The second-order valence-corrected chi connectivity index (χ2v) is 8.79. The number of benzene rings is 2. The van der Waals surface area contributed by atoms with Crippen molar-refractivity contribution in [1.82, 2.24) is 0 Å². The zero-order chi connectivity index (χ0) is 20.2. The summed E-state index contributed by atoms with van der Waals surface area (Å²) in [7, 11) is 0. The largest absolute Gasteiger partial charge is 0.460 e. The van der Waals surface area contributed by atoms with E-state index in [9.17, 15) is 4.79 Å². The van der Waals surface area contributed by atoms with Crippen LogP contribution in [0.5, 0.6) is 0 Å². The van der Waals surface area contributed by atoms with Gasteiger partial charge in [0.15, 0.2) is 0 Å². The Bertz CT molecular complexity index is 816. The molecule has 0 bridgehead atoms. The summed E-state index contributed by atoms with van der Waals surface area (Å²) in [6.07, 6.45) is 6.34. The van der Waals surface area contributed by atoms with Crippen LogP contribution in [0.2, 0.25) is 0 Å². The Labute approximate surface area is 164 Å². The summed E-state index contributed by atoms with van der Waals surface area (Å²) in [5.41, 5.74) is 4.90. The molecule has 0 heterocycles. The number of fused-ring (bicyclic) bond motifs is 1. The smallest absolute Gasteiger partial charge is 0.293 e. The lowest BCUT2D eigenvalue weighted by molar-refractivity contribution is -0.133. The summed E-state index contributed by atoms with van der Waals surface area (Å²) >= 11 is 0. The summed E-state index contributed by atoms with van der Waals surface area (Å²) in [4.78, 5) is 10.6. The first kappa shape index (κ1) is 21.2. The normalized spacial score (nSPS) is 17.9. The van der Waals surface area contributed by atoms with Crippen LogP contribution in [0.3, 0.4) is 0 Å². The van der Waals surface area contributed by atoms with Crippen LogP contribution in [0.1, 0.15) is 77.7 Å². The molecule has 1 fully saturated rings. The highest BCUT2D eigenvalue weighted by molar-refractivity contribution is 5.89. The fourth-order valence-corrected chi connectivity index (χ4v) is 3.63. The highest BCUT2D eigenvalue weighted by Gasteiger charge is 2.53. The molecule has 1 unspecified atom stereocenters. The number of hydrogen-bond acceptors (Lipinski definition) is 2. The Balaban J connectivity index is 0.000000313. The molecule has 1 saturated carbocycles. The zero-order valence-electron chi connectivity index (χ0n) is 17.9. The molecule has 3 rings (SSSR count). The van der Waals surface area contributed by atoms with Crippen molar-refractivity contribution in [1.29, 1.82) is 0 Å². The molecule has 1 aliphatic carbocycles. The van der Waals surface area contributed by atoms with E-state index in [-0.39, 0.29) is 6.10 Å². The number of ether oxygens (including phenoxy) is 1. The maximum atomic E-state index is 10.6. The average molecular weight is 367 g/mol. The van der Waals surface area contributed by atoms with Crippen molar-refractivity contribution in [3.63, 3.8) is 0 Å². The van der Waals surface area contributed by atoms with E-state index in [1.165, 1.54) is 22.9 Å². The molecule has 2 heteroatoms. The molecule has 0 saturated heterocycles. The van der Waals surface area contributed by atoms with Crippen LogP contribution in [0.4, 0.5) is 0 Å². The van der Waals surface area contributed by atoms with Crippen molar-refractivity contribution < 1.29 is 9.53 Å². The Morgan fingerprint density at radius 1 is 1.15 bits per heavy atom. The van der Waals surface area contributed by atoms with Gasteiger partial charge in [-0.25, -0.2) is 0 Å². The van der Waals surface area contributed by atoms with Crippen molar-refractivity contribution in [2.45, 2.75) is 67.4 Å². The molecule has 0 N–H and O–H groups in total. The molecule has 0 aromatic heterocycles. The number of allylic oxidation sites excluding steroid dienone is 1. The lowest BCUT2D eigenvalue weighted by Crippen LogP contribution is -2.00. The van der Waals surface area contributed by atoms with Gasteiger partial charge in [0, 0.05) is 0 Å². The summed E-state index contributed by atoms with van der Waals surface area (Å²) in [6.45, 7) is 15.9. The van der Waals surface area contributed by atoms with E-state index >= 15 is 0 Å². The number of aryl methyl sites for hydroxylation is 1. The van der Waals surface area contributed by atoms with Crippen LogP contribution in [-0.4, -0.2) is 6.47 Å². The van der Waals surface area contributed by atoms with Crippen molar-refractivity contribution in [3.8, 4) is 0 Å². The molecule has 2 aromatic rings. The summed E-state index contributed by atoms with van der Waals surface area (Å²) in [5.74, 6) is 0. The molecular formula is C25H34O2. The Hall–Kier alpha value is -2.09. The predicted molar refractivity (Wildman–Crippen MR) is 116 cm³/mol. The maximum Gasteiger partial charge on any atom is 0.293 e. The predicted octanol–water partition coefficient (Wildman–Crippen LogP) is 7.11. The maximum absolute atomic E-state index is 10.6. The first-order chi connectivity index (χ1) is 12.7. The Morgan fingerprint density at radius 2 is 1.78 bits per heavy atom. The second-order valence-electron chi connectivity index (χ2n) is 8.79. The van der Waals surface area contributed by atoms with Crippen molar-refractivity contribution in [3.05, 3.63) is 53.1 Å². The van der Waals surface area contributed by atoms with Crippen LogP contribution in [0.15, 0.2) is 36.4 Å². The molecule has 1 atom stereocenters. The van der Waals surface area contributed by atoms with Gasteiger partial charge in [-0.2, -0.15) is 0 Å².